The van der Waals surface area contributed by atoms with E-state index in [0.29, 0.717) is 5.92 Å². The van der Waals surface area contributed by atoms with Crippen LogP contribution in [-0.4, -0.2) is 6.21 Å². The van der Waals surface area contributed by atoms with E-state index in [1.165, 1.54) is 11.1 Å². The summed E-state index contributed by atoms with van der Waals surface area (Å²) in [4.78, 5) is 4.07. The molecule has 0 aliphatic carbocycles. The van der Waals surface area contributed by atoms with Crippen molar-refractivity contribution in [2.75, 3.05) is 0 Å². The van der Waals surface area contributed by atoms with Crippen molar-refractivity contribution in [2.24, 2.45) is 4.99 Å². The predicted octanol–water partition coefficient (Wildman–Crippen LogP) is 3.70. The number of allylic oxidation sites excluding steroid dienone is 1. The summed E-state index contributed by atoms with van der Waals surface area (Å²) in [6.45, 7) is 6.11. The highest BCUT2D eigenvalue weighted by molar-refractivity contribution is 5.73. The van der Waals surface area contributed by atoms with Crippen LogP contribution < -0.4 is 0 Å². The zero-order valence-electron chi connectivity index (χ0n) is 9.07. The second-order valence-electron chi connectivity index (χ2n) is 3.08. The SMILES string of the molecule is CC.Cc1cccc(C2C=CN=C2)c1. The van der Waals surface area contributed by atoms with Gasteiger partial charge < -0.3 is 0 Å². The van der Waals surface area contributed by atoms with E-state index >= 15 is 0 Å². The van der Waals surface area contributed by atoms with Crippen LogP contribution in [0.25, 0.3) is 0 Å². The highest BCUT2D eigenvalue weighted by Crippen LogP contribution is 2.19. The molecule has 0 bridgehead atoms. The van der Waals surface area contributed by atoms with Crippen LogP contribution in [0.1, 0.15) is 30.9 Å². The summed E-state index contributed by atoms with van der Waals surface area (Å²) in [6, 6.07) is 8.54. The molecule has 0 amide bonds. The molecule has 0 spiro atoms. The zero-order chi connectivity index (χ0) is 10.4. The van der Waals surface area contributed by atoms with Crippen LogP contribution in [0.2, 0.25) is 0 Å². The Morgan fingerprint density at radius 3 is 2.57 bits per heavy atom. The van der Waals surface area contributed by atoms with Crippen LogP contribution in [-0.2, 0) is 0 Å². The third-order valence-corrected chi connectivity index (χ3v) is 2.05. The van der Waals surface area contributed by atoms with E-state index in [2.05, 4.69) is 42.3 Å². The summed E-state index contributed by atoms with van der Waals surface area (Å²) < 4.78 is 0. The minimum atomic E-state index is 0.393. The monoisotopic (exact) mass is 187 g/mol. The Bertz CT molecular complexity index is 325. The Hall–Kier alpha value is -1.37. The predicted molar refractivity (Wildman–Crippen MR) is 62.9 cm³/mol. The van der Waals surface area contributed by atoms with Gasteiger partial charge in [-0.05, 0) is 12.5 Å². The van der Waals surface area contributed by atoms with Gasteiger partial charge >= 0.3 is 0 Å². The molecule has 0 fully saturated rings. The maximum atomic E-state index is 4.07. The minimum absolute atomic E-state index is 0.393. The molecule has 0 aromatic heterocycles. The highest BCUT2D eigenvalue weighted by Gasteiger charge is 2.06. The summed E-state index contributed by atoms with van der Waals surface area (Å²) in [5, 5.41) is 0. The van der Waals surface area contributed by atoms with Crippen LogP contribution in [0.5, 0.6) is 0 Å². The molecule has 0 saturated carbocycles. The quantitative estimate of drug-likeness (QED) is 0.635. The number of hydrogen-bond acceptors (Lipinski definition) is 1. The summed E-state index contributed by atoms with van der Waals surface area (Å²) >= 11 is 0. The lowest BCUT2D eigenvalue weighted by Gasteiger charge is -2.04. The number of hydrogen-bond donors (Lipinski definition) is 0. The van der Waals surface area contributed by atoms with E-state index in [0.717, 1.165) is 0 Å². The largest absolute Gasteiger partial charge is 0.268 e. The molecule has 0 N–H and O–H groups in total. The maximum absolute atomic E-state index is 4.07. The van der Waals surface area contributed by atoms with Gasteiger partial charge in [0.2, 0.25) is 0 Å². The molecule has 0 saturated heterocycles. The molecule has 1 heteroatoms. The van der Waals surface area contributed by atoms with Gasteiger partial charge in [0.15, 0.2) is 0 Å². The molecule has 1 aliphatic rings. The van der Waals surface area contributed by atoms with Crippen molar-refractivity contribution in [3.05, 3.63) is 47.7 Å². The topological polar surface area (TPSA) is 12.4 Å². The molecule has 14 heavy (non-hydrogen) atoms. The average Bonchev–Trinajstić information content (AvgIpc) is 2.74. The molecule has 1 aliphatic heterocycles. The molecule has 0 radical (unpaired) electrons. The van der Waals surface area contributed by atoms with Crippen LogP contribution >= 0.6 is 0 Å². The molecule has 1 aromatic carbocycles. The second kappa shape index (κ2) is 5.38. The summed E-state index contributed by atoms with van der Waals surface area (Å²) in [6.07, 6.45) is 5.93. The van der Waals surface area contributed by atoms with Crippen molar-refractivity contribution >= 4 is 6.21 Å². The molecule has 1 aromatic rings. The third kappa shape index (κ3) is 2.56. The first-order valence-electron chi connectivity index (χ1n) is 5.13. The van der Waals surface area contributed by atoms with Gasteiger partial charge in [-0.25, -0.2) is 0 Å². The lowest BCUT2D eigenvalue weighted by molar-refractivity contribution is 1.18. The third-order valence-electron chi connectivity index (χ3n) is 2.05. The first-order chi connectivity index (χ1) is 6.86. The standard InChI is InChI=1S/C11H11N.C2H6/c1-9-3-2-4-10(7-9)11-5-6-12-8-11;1-2/h2-8,11H,1H3;1-2H3. The first-order valence-corrected chi connectivity index (χ1v) is 5.13. The Balaban J connectivity index is 0.000000461. The lowest BCUT2D eigenvalue weighted by Crippen LogP contribution is -1.93. The van der Waals surface area contributed by atoms with Crippen LogP contribution in [0.4, 0.5) is 0 Å². The second-order valence-corrected chi connectivity index (χ2v) is 3.08. The van der Waals surface area contributed by atoms with Gasteiger partial charge in [0, 0.05) is 18.3 Å². The van der Waals surface area contributed by atoms with E-state index in [9.17, 15) is 0 Å². The number of rotatable bonds is 1. The smallest absolute Gasteiger partial charge is 0.0391 e. The van der Waals surface area contributed by atoms with Gasteiger partial charge in [-0.15, -0.1) is 0 Å². The van der Waals surface area contributed by atoms with Gasteiger partial charge in [0.05, 0.1) is 0 Å². The summed E-state index contributed by atoms with van der Waals surface area (Å²) in [5.41, 5.74) is 2.63. The van der Waals surface area contributed by atoms with E-state index in [1.54, 1.807) is 0 Å². The van der Waals surface area contributed by atoms with E-state index in [1.807, 2.05) is 26.3 Å². The van der Waals surface area contributed by atoms with Crippen molar-refractivity contribution in [1.29, 1.82) is 0 Å². The van der Waals surface area contributed by atoms with Crippen molar-refractivity contribution in [3.63, 3.8) is 0 Å². The number of aliphatic imine (C=N–C) groups is 1. The van der Waals surface area contributed by atoms with Gasteiger partial charge in [0.1, 0.15) is 0 Å². The maximum Gasteiger partial charge on any atom is 0.0391 e. The van der Waals surface area contributed by atoms with Gasteiger partial charge in [0.25, 0.3) is 0 Å². The highest BCUT2D eigenvalue weighted by atomic mass is 14.7. The molecular formula is C13H17N. The Kier molecular flexibility index (Phi) is 4.11. The van der Waals surface area contributed by atoms with Gasteiger partial charge in [-0.2, -0.15) is 0 Å². The fraction of sp³-hybridized carbons (Fsp3) is 0.308. The van der Waals surface area contributed by atoms with Gasteiger partial charge in [-0.1, -0.05) is 49.8 Å². The Morgan fingerprint density at radius 2 is 2.00 bits per heavy atom. The van der Waals surface area contributed by atoms with Crippen molar-refractivity contribution in [3.8, 4) is 0 Å². The number of aryl methyl sites for hydroxylation is 1. The summed E-state index contributed by atoms with van der Waals surface area (Å²) in [7, 11) is 0. The average molecular weight is 187 g/mol. The van der Waals surface area contributed by atoms with Crippen molar-refractivity contribution in [1.82, 2.24) is 0 Å². The summed E-state index contributed by atoms with van der Waals surface area (Å²) in [5.74, 6) is 0.393. The molecule has 1 heterocycles. The van der Waals surface area contributed by atoms with Crippen LogP contribution in [0.15, 0.2) is 41.5 Å². The molecular weight excluding hydrogens is 170 g/mol. The normalized spacial score (nSPS) is 17.8. The Labute approximate surface area is 86.2 Å². The van der Waals surface area contributed by atoms with Crippen LogP contribution in [0.3, 0.4) is 0 Å². The first kappa shape index (κ1) is 10.7. The number of benzene rings is 1. The molecule has 74 valence electrons. The zero-order valence-corrected chi connectivity index (χ0v) is 9.07. The van der Waals surface area contributed by atoms with E-state index < -0.39 is 0 Å². The van der Waals surface area contributed by atoms with E-state index in [4.69, 9.17) is 0 Å². The van der Waals surface area contributed by atoms with E-state index in [-0.39, 0.29) is 0 Å². The lowest BCUT2D eigenvalue weighted by atomic mass is 10.00. The minimum Gasteiger partial charge on any atom is -0.268 e. The molecule has 1 nitrogen and oxygen atoms in total. The molecule has 1 unspecified atom stereocenters. The van der Waals surface area contributed by atoms with Crippen LogP contribution in [0, 0.1) is 6.92 Å². The van der Waals surface area contributed by atoms with Gasteiger partial charge in [-0.3, -0.25) is 4.99 Å². The van der Waals surface area contributed by atoms with Crippen molar-refractivity contribution in [2.45, 2.75) is 26.7 Å². The van der Waals surface area contributed by atoms with Crippen molar-refractivity contribution < 1.29 is 0 Å². The molecule has 1 atom stereocenters. The Morgan fingerprint density at radius 1 is 1.21 bits per heavy atom. The molecule has 2 rings (SSSR count). The number of nitrogens with zero attached hydrogens (tertiary/aromatic N) is 1. The fourth-order valence-corrected chi connectivity index (χ4v) is 1.41. The fourth-order valence-electron chi connectivity index (χ4n) is 1.41.